The number of carbonyl (C=O) groups is 1. The smallest absolute Gasteiger partial charge is 0.254 e. The van der Waals surface area contributed by atoms with Crippen molar-refractivity contribution in [1.82, 2.24) is 9.62 Å². The first kappa shape index (κ1) is 16.8. The summed E-state index contributed by atoms with van der Waals surface area (Å²) in [4.78, 5) is 11.7. The molecule has 5 nitrogen and oxygen atoms in total. The van der Waals surface area contributed by atoms with Gasteiger partial charge in [-0.3, -0.25) is 4.79 Å². The van der Waals surface area contributed by atoms with Crippen LogP contribution in [0.2, 0.25) is 0 Å². The van der Waals surface area contributed by atoms with E-state index in [0.29, 0.717) is 19.2 Å². The molecule has 122 valence electrons. The molecule has 1 aromatic carbocycles. The number of amides is 1. The summed E-state index contributed by atoms with van der Waals surface area (Å²) in [7, 11) is -3.47. The fourth-order valence-corrected chi connectivity index (χ4v) is 3.62. The van der Waals surface area contributed by atoms with E-state index in [2.05, 4.69) is 5.32 Å². The van der Waals surface area contributed by atoms with Crippen LogP contribution in [0.25, 0.3) is 0 Å². The van der Waals surface area contributed by atoms with Crippen molar-refractivity contribution in [2.45, 2.75) is 12.8 Å². The molecule has 0 bridgehead atoms. The Morgan fingerprint density at radius 2 is 1.77 bits per heavy atom. The average Bonchev–Trinajstić information content (AvgIpc) is 2.99. The third-order valence-corrected chi connectivity index (χ3v) is 5.26. The van der Waals surface area contributed by atoms with Crippen molar-refractivity contribution in [3.8, 4) is 0 Å². The molecule has 0 aliphatic carbocycles. The molecule has 1 aromatic rings. The van der Waals surface area contributed by atoms with Gasteiger partial charge < -0.3 is 5.32 Å². The van der Waals surface area contributed by atoms with Crippen LogP contribution in [0, 0.1) is 17.5 Å². The largest absolute Gasteiger partial charge is 0.351 e. The summed E-state index contributed by atoms with van der Waals surface area (Å²) in [5, 5.41) is 2.19. The van der Waals surface area contributed by atoms with Gasteiger partial charge in [-0.25, -0.2) is 25.9 Å². The second-order valence-corrected chi connectivity index (χ2v) is 6.99. The van der Waals surface area contributed by atoms with Crippen molar-refractivity contribution in [2.24, 2.45) is 0 Å². The standard InChI is InChI=1S/C13H15F3N2O3S/c14-10-4-3-9(11(15)12(10)16)13(19)17-5-8-22(20,21)18-6-1-2-7-18/h3-4H,1-2,5-8H2,(H,17,19). The second kappa shape index (κ2) is 6.66. The second-order valence-electron chi connectivity index (χ2n) is 4.90. The summed E-state index contributed by atoms with van der Waals surface area (Å²) in [6.07, 6.45) is 1.59. The Balaban J connectivity index is 1.95. The SMILES string of the molecule is O=C(NCCS(=O)(=O)N1CCCC1)c1ccc(F)c(F)c1F. The zero-order valence-electron chi connectivity index (χ0n) is 11.6. The van der Waals surface area contributed by atoms with E-state index < -0.39 is 38.9 Å². The highest BCUT2D eigenvalue weighted by Gasteiger charge is 2.25. The van der Waals surface area contributed by atoms with Gasteiger partial charge in [-0.05, 0) is 25.0 Å². The van der Waals surface area contributed by atoms with E-state index in [9.17, 15) is 26.4 Å². The molecule has 0 spiro atoms. The molecule has 0 saturated carbocycles. The van der Waals surface area contributed by atoms with Gasteiger partial charge in [-0.2, -0.15) is 0 Å². The van der Waals surface area contributed by atoms with Crippen molar-refractivity contribution in [2.75, 3.05) is 25.4 Å². The summed E-state index contributed by atoms with van der Waals surface area (Å²) in [6.45, 7) is 0.665. The van der Waals surface area contributed by atoms with Crippen LogP contribution in [0.5, 0.6) is 0 Å². The van der Waals surface area contributed by atoms with Gasteiger partial charge >= 0.3 is 0 Å². The number of sulfonamides is 1. The van der Waals surface area contributed by atoms with Crippen LogP contribution in [0.4, 0.5) is 13.2 Å². The lowest BCUT2D eigenvalue weighted by Crippen LogP contribution is -2.36. The molecule has 0 radical (unpaired) electrons. The molecule has 1 heterocycles. The Morgan fingerprint density at radius 1 is 1.14 bits per heavy atom. The number of nitrogens with one attached hydrogen (secondary N) is 1. The molecule has 0 aromatic heterocycles. The Kier molecular flexibility index (Phi) is 5.07. The van der Waals surface area contributed by atoms with Gasteiger partial charge in [-0.1, -0.05) is 0 Å². The van der Waals surface area contributed by atoms with Crippen LogP contribution in [0.15, 0.2) is 12.1 Å². The molecule has 1 fully saturated rings. The highest BCUT2D eigenvalue weighted by Crippen LogP contribution is 2.15. The number of hydrogen-bond donors (Lipinski definition) is 1. The molecule has 9 heteroatoms. The summed E-state index contributed by atoms with van der Waals surface area (Å²) < 4.78 is 64.4. The molecule has 0 unspecified atom stereocenters. The Morgan fingerprint density at radius 3 is 2.41 bits per heavy atom. The lowest BCUT2D eigenvalue weighted by molar-refractivity contribution is 0.0950. The van der Waals surface area contributed by atoms with Crippen LogP contribution >= 0.6 is 0 Å². The van der Waals surface area contributed by atoms with Crippen molar-refractivity contribution in [3.63, 3.8) is 0 Å². The summed E-state index contributed by atoms with van der Waals surface area (Å²) in [6, 6.07) is 1.44. The molecule has 1 aliphatic rings. The topological polar surface area (TPSA) is 66.5 Å². The highest BCUT2D eigenvalue weighted by molar-refractivity contribution is 7.89. The number of benzene rings is 1. The van der Waals surface area contributed by atoms with Gasteiger partial charge in [0, 0.05) is 19.6 Å². The first-order valence-corrected chi connectivity index (χ1v) is 8.33. The molecule has 22 heavy (non-hydrogen) atoms. The Labute approximate surface area is 126 Å². The van der Waals surface area contributed by atoms with E-state index >= 15 is 0 Å². The van der Waals surface area contributed by atoms with Gasteiger partial charge in [0.1, 0.15) is 0 Å². The van der Waals surface area contributed by atoms with E-state index in [1.54, 1.807) is 0 Å². The van der Waals surface area contributed by atoms with Gasteiger partial charge in [-0.15, -0.1) is 0 Å². The summed E-state index contributed by atoms with van der Waals surface area (Å²) in [5.74, 6) is -6.06. The van der Waals surface area contributed by atoms with Crippen molar-refractivity contribution < 1.29 is 26.4 Å². The fraction of sp³-hybridized carbons (Fsp3) is 0.462. The zero-order chi connectivity index (χ0) is 16.3. The highest BCUT2D eigenvalue weighted by atomic mass is 32.2. The molecule has 1 N–H and O–H groups in total. The average molecular weight is 336 g/mol. The van der Waals surface area contributed by atoms with Gasteiger partial charge in [0.05, 0.1) is 11.3 Å². The van der Waals surface area contributed by atoms with Crippen molar-refractivity contribution >= 4 is 15.9 Å². The van der Waals surface area contributed by atoms with Crippen molar-refractivity contribution in [1.29, 1.82) is 0 Å². The maximum absolute atomic E-state index is 13.4. The number of hydrogen-bond acceptors (Lipinski definition) is 3. The van der Waals surface area contributed by atoms with E-state index in [-0.39, 0.29) is 12.3 Å². The van der Waals surface area contributed by atoms with E-state index in [4.69, 9.17) is 0 Å². The van der Waals surface area contributed by atoms with Crippen LogP contribution in [0.1, 0.15) is 23.2 Å². The van der Waals surface area contributed by atoms with Crippen LogP contribution < -0.4 is 5.32 Å². The lowest BCUT2D eigenvalue weighted by Gasteiger charge is -2.15. The van der Waals surface area contributed by atoms with Crippen LogP contribution in [0.3, 0.4) is 0 Å². The van der Waals surface area contributed by atoms with Gasteiger partial charge in [0.15, 0.2) is 17.5 Å². The minimum absolute atomic E-state index is 0.240. The minimum Gasteiger partial charge on any atom is -0.351 e. The van der Waals surface area contributed by atoms with Crippen LogP contribution in [-0.4, -0.2) is 44.0 Å². The fourth-order valence-electron chi connectivity index (χ4n) is 2.19. The lowest BCUT2D eigenvalue weighted by atomic mass is 10.2. The summed E-state index contributed by atoms with van der Waals surface area (Å²) in [5.41, 5.74) is -0.669. The van der Waals surface area contributed by atoms with Gasteiger partial charge in [0.25, 0.3) is 5.91 Å². The maximum Gasteiger partial charge on any atom is 0.254 e. The Bertz CT molecular complexity index is 673. The molecule has 1 amide bonds. The number of rotatable bonds is 5. The molecular formula is C13H15F3N2O3S. The first-order valence-electron chi connectivity index (χ1n) is 6.72. The van der Waals surface area contributed by atoms with E-state index in [1.807, 2.05) is 0 Å². The zero-order valence-corrected chi connectivity index (χ0v) is 12.4. The molecular weight excluding hydrogens is 321 g/mol. The van der Waals surface area contributed by atoms with Crippen molar-refractivity contribution in [3.05, 3.63) is 35.1 Å². The predicted octanol–water partition coefficient (Wildman–Crippen LogP) is 1.26. The van der Waals surface area contributed by atoms with E-state index in [1.165, 1.54) is 4.31 Å². The molecule has 1 saturated heterocycles. The summed E-state index contributed by atoms with van der Waals surface area (Å²) >= 11 is 0. The third-order valence-electron chi connectivity index (χ3n) is 3.38. The number of nitrogens with zero attached hydrogens (tertiary/aromatic N) is 1. The van der Waals surface area contributed by atoms with Gasteiger partial charge in [0.2, 0.25) is 10.0 Å². The quantitative estimate of drug-likeness (QED) is 0.823. The molecule has 2 rings (SSSR count). The maximum atomic E-state index is 13.4. The third kappa shape index (κ3) is 3.58. The van der Waals surface area contributed by atoms with E-state index in [0.717, 1.165) is 18.9 Å². The predicted molar refractivity (Wildman–Crippen MR) is 73.2 cm³/mol. The number of halogens is 3. The number of carbonyl (C=O) groups excluding carboxylic acids is 1. The normalized spacial score (nSPS) is 16.0. The monoisotopic (exact) mass is 336 g/mol. The first-order chi connectivity index (χ1) is 10.3. The van der Waals surface area contributed by atoms with Crippen LogP contribution in [-0.2, 0) is 10.0 Å². The molecule has 1 aliphatic heterocycles. The minimum atomic E-state index is -3.47. The Hall–Kier alpha value is -1.61. The molecule has 0 atom stereocenters.